The van der Waals surface area contributed by atoms with Crippen LogP contribution in [-0.2, 0) is 17.1 Å². The molecule has 1 atom stereocenters. The summed E-state index contributed by atoms with van der Waals surface area (Å²) in [6.45, 7) is 0.592. The summed E-state index contributed by atoms with van der Waals surface area (Å²) >= 11 is 0. The van der Waals surface area contributed by atoms with Gasteiger partial charge in [-0.05, 0) is 17.7 Å². The van der Waals surface area contributed by atoms with E-state index in [1.165, 1.54) is 0 Å². The molecule has 0 radical (unpaired) electrons. The van der Waals surface area contributed by atoms with E-state index >= 15 is 0 Å². The lowest BCUT2D eigenvalue weighted by Gasteiger charge is -2.25. The van der Waals surface area contributed by atoms with Crippen molar-refractivity contribution in [3.05, 3.63) is 71.3 Å². The molecule has 0 amide bonds. The molecular formula is C15H14N2O2. The zero-order valence-corrected chi connectivity index (χ0v) is 10.3. The van der Waals surface area contributed by atoms with Crippen LogP contribution in [0.2, 0.25) is 0 Å². The van der Waals surface area contributed by atoms with E-state index in [9.17, 15) is 4.79 Å². The Morgan fingerprint density at radius 1 is 1.11 bits per heavy atom. The van der Waals surface area contributed by atoms with Crippen LogP contribution in [0.3, 0.4) is 0 Å². The number of hydrogen-bond donors (Lipinski definition) is 2. The third-order valence-corrected chi connectivity index (χ3v) is 3.22. The quantitative estimate of drug-likeness (QED) is 0.632. The minimum Gasteiger partial charge on any atom is -0.422 e. The summed E-state index contributed by atoms with van der Waals surface area (Å²) in [5.41, 5.74) is 8.49. The molecule has 1 heterocycles. The third-order valence-electron chi connectivity index (χ3n) is 3.22. The van der Waals surface area contributed by atoms with Crippen molar-refractivity contribution in [1.29, 1.82) is 0 Å². The topological polar surface area (TPSA) is 64.3 Å². The number of rotatable bonds is 2. The van der Waals surface area contributed by atoms with Crippen LogP contribution < -0.4 is 11.1 Å². The van der Waals surface area contributed by atoms with Gasteiger partial charge in [-0.2, -0.15) is 0 Å². The minimum atomic E-state index is -1.25. The van der Waals surface area contributed by atoms with Crippen LogP contribution in [0.5, 0.6) is 0 Å². The number of nitrogens with one attached hydrogen (secondary N) is 1. The van der Waals surface area contributed by atoms with Gasteiger partial charge in [-0.15, -0.1) is 0 Å². The fraction of sp³-hybridized carbons (Fsp3) is 0.133. The second kappa shape index (κ2) is 4.50. The molecule has 0 saturated carbocycles. The molecule has 0 aliphatic carbocycles. The second-order valence-corrected chi connectivity index (χ2v) is 4.50. The van der Waals surface area contributed by atoms with Gasteiger partial charge in [-0.25, -0.2) is 4.79 Å². The highest BCUT2D eigenvalue weighted by molar-refractivity contribution is 5.89. The van der Waals surface area contributed by atoms with E-state index in [4.69, 9.17) is 10.5 Å². The molecule has 3 rings (SSSR count). The lowest BCUT2D eigenvalue weighted by Crippen LogP contribution is -2.49. The Balaban J connectivity index is 1.86. The maximum absolute atomic E-state index is 12.1. The number of esters is 1. The first-order chi connectivity index (χ1) is 9.19. The molecule has 1 aliphatic rings. The first kappa shape index (κ1) is 11.9. The first-order valence-corrected chi connectivity index (χ1v) is 6.10. The zero-order valence-electron chi connectivity index (χ0n) is 10.3. The van der Waals surface area contributed by atoms with E-state index in [1.807, 2.05) is 30.3 Å². The molecule has 0 spiro atoms. The maximum atomic E-state index is 12.1. The molecule has 4 heteroatoms. The summed E-state index contributed by atoms with van der Waals surface area (Å²) in [6.07, 6.45) is 0. The van der Waals surface area contributed by atoms with Gasteiger partial charge in [0.2, 0.25) is 5.85 Å². The van der Waals surface area contributed by atoms with Gasteiger partial charge in [-0.1, -0.05) is 42.5 Å². The average Bonchev–Trinajstić information content (AvgIpc) is 2.78. The molecule has 19 heavy (non-hydrogen) atoms. The summed E-state index contributed by atoms with van der Waals surface area (Å²) in [7, 11) is 0. The molecular weight excluding hydrogens is 240 g/mol. The van der Waals surface area contributed by atoms with E-state index in [0.29, 0.717) is 12.1 Å². The number of benzene rings is 2. The highest BCUT2D eigenvalue weighted by Gasteiger charge is 2.38. The van der Waals surface area contributed by atoms with Crippen molar-refractivity contribution in [2.24, 2.45) is 5.73 Å². The number of hydrogen-bond acceptors (Lipinski definition) is 4. The number of ether oxygens (including phenoxy) is 1. The van der Waals surface area contributed by atoms with Crippen LogP contribution in [0.4, 0.5) is 0 Å². The van der Waals surface area contributed by atoms with Crippen molar-refractivity contribution < 1.29 is 9.53 Å². The lowest BCUT2D eigenvalue weighted by atomic mass is 10.1. The minimum absolute atomic E-state index is 0.438. The van der Waals surface area contributed by atoms with Crippen molar-refractivity contribution in [3.63, 3.8) is 0 Å². The molecule has 0 aromatic heterocycles. The molecule has 96 valence electrons. The van der Waals surface area contributed by atoms with Crippen LogP contribution in [0.25, 0.3) is 0 Å². The maximum Gasteiger partial charge on any atom is 0.341 e. The Morgan fingerprint density at radius 3 is 2.58 bits per heavy atom. The number of nitrogens with two attached hydrogens (primary N) is 1. The van der Waals surface area contributed by atoms with Gasteiger partial charge < -0.3 is 4.74 Å². The van der Waals surface area contributed by atoms with E-state index in [0.717, 1.165) is 11.1 Å². The van der Waals surface area contributed by atoms with Crippen molar-refractivity contribution in [2.45, 2.75) is 12.4 Å². The standard InChI is InChI=1S/C15H14N2O2/c16-15(13-9-5-4-8-12(13)10-17-15)19-14(18)11-6-2-1-3-7-11/h1-9,17H,10,16H2. The van der Waals surface area contributed by atoms with Crippen molar-refractivity contribution in [3.8, 4) is 0 Å². The highest BCUT2D eigenvalue weighted by atomic mass is 16.6. The Labute approximate surface area is 111 Å². The summed E-state index contributed by atoms with van der Waals surface area (Å²) in [5.74, 6) is -1.68. The summed E-state index contributed by atoms with van der Waals surface area (Å²) < 4.78 is 5.44. The van der Waals surface area contributed by atoms with E-state index in [2.05, 4.69) is 5.32 Å². The summed E-state index contributed by atoms with van der Waals surface area (Å²) in [6, 6.07) is 16.5. The predicted octanol–water partition coefficient (Wildman–Crippen LogP) is 1.72. The van der Waals surface area contributed by atoms with Crippen LogP contribution in [0.15, 0.2) is 54.6 Å². The number of carbonyl (C=O) groups excluding carboxylic acids is 1. The Morgan fingerprint density at radius 2 is 1.79 bits per heavy atom. The molecule has 0 bridgehead atoms. The van der Waals surface area contributed by atoms with Gasteiger partial charge in [-0.3, -0.25) is 11.1 Å². The fourth-order valence-electron chi connectivity index (χ4n) is 2.23. The SMILES string of the molecule is NC1(OC(=O)c2ccccc2)NCc2ccccc21. The van der Waals surface area contributed by atoms with Gasteiger partial charge in [0, 0.05) is 12.1 Å². The lowest BCUT2D eigenvalue weighted by molar-refractivity contribution is -0.0323. The fourth-order valence-corrected chi connectivity index (χ4v) is 2.23. The van der Waals surface area contributed by atoms with Crippen LogP contribution >= 0.6 is 0 Å². The van der Waals surface area contributed by atoms with Crippen molar-refractivity contribution >= 4 is 5.97 Å². The average molecular weight is 254 g/mol. The van der Waals surface area contributed by atoms with E-state index < -0.39 is 11.8 Å². The van der Waals surface area contributed by atoms with Crippen molar-refractivity contribution in [2.75, 3.05) is 0 Å². The normalized spacial score (nSPS) is 20.9. The molecule has 2 aromatic rings. The smallest absolute Gasteiger partial charge is 0.341 e. The Kier molecular flexibility index (Phi) is 2.81. The Hall–Kier alpha value is -2.17. The van der Waals surface area contributed by atoms with Gasteiger partial charge >= 0.3 is 5.97 Å². The zero-order chi connectivity index (χ0) is 13.3. The van der Waals surface area contributed by atoms with Crippen LogP contribution in [0.1, 0.15) is 21.5 Å². The van der Waals surface area contributed by atoms with E-state index in [-0.39, 0.29) is 0 Å². The Bertz CT molecular complexity index is 613. The molecule has 2 aromatic carbocycles. The number of carbonyl (C=O) groups is 1. The van der Waals surface area contributed by atoms with Gasteiger partial charge in [0.15, 0.2) is 0 Å². The summed E-state index contributed by atoms with van der Waals surface area (Å²) in [5, 5.41) is 3.03. The highest BCUT2D eigenvalue weighted by Crippen LogP contribution is 2.28. The third kappa shape index (κ3) is 2.12. The van der Waals surface area contributed by atoms with Crippen LogP contribution in [-0.4, -0.2) is 5.97 Å². The van der Waals surface area contributed by atoms with Gasteiger partial charge in [0.25, 0.3) is 0 Å². The molecule has 4 nitrogen and oxygen atoms in total. The largest absolute Gasteiger partial charge is 0.422 e. The molecule has 0 fully saturated rings. The predicted molar refractivity (Wildman–Crippen MR) is 71.0 cm³/mol. The van der Waals surface area contributed by atoms with Gasteiger partial charge in [0.1, 0.15) is 0 Å². The van der Waals surface area contributed by atoms with Crippen LogP contribution in [0, 0.1) is 0 Å². The van der Waals surface area contributed by atoms with Gasteiger partial charge in [0.05, 0.1) is 5.56 Å². The molecule has 3 N–H and O–H groups in total. The molecule has 0 saturated heterocycles. The second-order valence-electron chi connectivity index (χ2n) is 4.50. The first-order valence-electron chi connectivity index (χ1n) is 6.10. The van der Waals surface area contributed by atoms with Crippen molar-refractivity contribution in [1.82, 2.24) is 5.32 Å². The molecule has 1 unspecified atom stereocenters. The summed E-state index contributed by atoms with van der Waals surface area (Å²) in [4.78, 5) is 12.1. The molecule has 1 aliphatic heterocycles. The van der Waals surface area contributed by atoms with E-state index in [1.54, 1.807) is 24.3 Å². The monoisotopic (exact) mass is 254 g/mol. The number of fused-ring (bicyclic) bond motifs is 1.